The molecule has 2 aliphatic carbocycles. The molecule has 0 aromatic heterocycles. The maximum atomic E-state index is 4.78. The van der Waals surface area contributed by atoms with Crippen LogP contribution in [0.15, 0.2) is 53.5 Å². The standard InChI is InChI=1S/C35H49NS/c1-2-3-4-5-6-7-8-9-10-28-11-13-29(14-12-28)30-15-17-31(18-16-30)32-19-21-33(22-20-32)34-23-25-35(26-24-34)36-27-37/h15-22,28-29,34-35H,2-14,23-26H2,1H3. The van der Waals surface area contributed by atoms with Crippen LogP contribution in [0.25, 0.3) is 11.1 Å². The summed E-state index contributed by atoms with van der Waals surface area (Å²) in [6.07, 6.45) is 23.3. The Morgan fingerprint density at radius 1 is 0.622 bits per heavy atom. The van der Waals surface area contributed by atoms with Gasteiger partial charge < -0.3 is 0 Å². The Morgan fingerprint density at radius 3 is 1.57 bits per heavy atom. The predicted molar refractivity (Wildman–Crippen MR) is 164 cm³/mol. The van der Waals surface area contributed by atoms with Gasteiger partial charge in [-0.25, -0.2) is 4.99 Å². The minimum Gasteiger partial charge on any atom is -0.229 e. The van der Waals surface area contributed by atoms with E-state index in [0.717, 1.165) is 24.7 Å². The van der Waals surface area contributed by atoms with Crippen LogP contribution < -0.4 is 0 Å². The minimum absolute atomic E-state index is 0.400. The van der Waals surface area contributed by atoms with Crippen LogP contribution in [-0.2, 0) is 0 Å². The number of isothiocyanates is 1. The molecular weight excluding hydrogens is 466 g/mol. The Bertz CT molecular complexity index is 940. The van der Waals surface area contributed by atoms with E-state index in [1.165, 1.54) is 113 Å². The third-order valence-corrected chi connectivity index (χ3v) is 9.45. The first-order valence-corrected chi connectivity index (χ1v) is 15.9. The molecule has 0 saturated heterocycles. The average molecular weight is 516 g/mol. The lowest BCUT2D eigenvalue weighted by molar-refractivity contribution is 0.302. The highest BCUT2D eigenvalue weighted by Crippen LogP contribution is 2.39. The van der Waals surface area contributed by atoms with Crippen molar-refractivity contribution < 1.29 is 0 Å². The van der Waals surface area contributed by atoms with Crippen LogP contribution in [0.2, 0.25) is 0 Å². The normalized spacial score (nSPS) is 23.9. The van der Waals surface area contributed by atoms with Crippen molar-refractivity contribution in [1.82, 2.24) is 0 Å². The summed E-state index contributed by atoms with van der Waals surface area (Å²) in [6, 6.07) is 19.3. The van der Waals surface area contributed by atoms with Crippen molar-refractivity contribution in [3.05, 3.63) is 59.7 Å². The zero-order valence-electron chi connectivity index (χ0n) is 23.3. The number of nitrogens with zero attached hydrogens (tertiary/aromatic N) is 1. The number of unbranched alkanes of at least 4 members (excludes halogenated alkanes) is 7. The van der Waals surface area contributed by atoms with E-state index in [-0.39, 0.29) is 0 Å². The van der Waals surface area contributed by atoms with E-state index in [1.807, 2.05) is 0 Å². The second kappa shape index (κ2) is 15.6. The third kappa shape index (κ3) is 8.90. The van der Waals surface area contributed by atoms with Crippen LogP contribution in [0, 0.1) is 5.92 Å². The molecule has 0 N–H and O–H groups in total. The molecule has 2 aliphatic rings. The van der Waals surface area contributed by atoms with Crippen LogP contribution in [-0.4, -0.2) is 11.2 Å². The lowest BCUT2D eigenvalue weighted by atomic mass is 9.77. The second-order valence-corrected chi connectivity index (χ2v) is 12.1. The summed E-state index contributed by atoms with van der Waals surface area (Å²) in [6.45, 7) is 2.30. The average Bonchev–Trinajstić information content (AvgIpc) is 2.96. The zero-order valence-corrected chi connectivity index (χ0v) is 24.1. The fourth-order valence-electron chi connectivity index (χ4n) is 6.86. The van der Waals surface area contributed by atoms with Gasteiger partial charge in [0.25, 0.3) is 0 Å². The maximum absolute atomic E-state index is 4.78. The summed E-state index contributed by atoms with van der Waals surface area (Å²) in [5.41, 5.74) is 5.72. The quantitative estimate of drug-likeness (QED) is 0.147. The molecule has 200 valence electrons. The topological polar surface area (TPSA) is 12.4 Å². The first-order chi connectivity index (χ1) is 18.3. The monoisotopic (exact) mass is 515 g/mol. The van der Waals surface area contributed by atoms with Crippen molar-refractivity contribution in [3.8, 4) is 11.1 Å². The molecule has 0 atom stereocenters. The molecule has 0 spiro atoms. The summed E-state index contributed by atoms with van der Waals surface area (Å²) >= 11 is 4.78. The molecule has 37 heavy (non-hydrogen) atoms. The Kier molecular flexibility index (Phi) is 11.9. The van der Waals surface area contributed by atoms with Crippen molar-refractivity contribution in [2.24, 2.45) is 10.9 Å². The van der Waals surface area contributed by atoms with Crippen molar-refractivity contribution in [2.45, 2.75) is 134 Å². The minimum atomic E-state index is 0.400. The lowest BCUT2D eigenvalue weighted by Gasteiger charge is -2.29. The van der Waals surface area contributed by atoms with Crippen LogP contribution in [0.3, 0.4) is 0 Å². The summed E-state index contributed by atoms with van der Waals surface area (Å²) in [5, 5.41) is 2.57. The number of aliphatic imine (C=N–C) groups is 1. The van der Waals surface area contributed by atoms with Crippen LogP contribution in [0.5, 0.6) is 0 Å². The fraction of sp³-hybridized carbons (Fsp3) is 0.629. The molecule has 0 radical (unpaired) electrons. The highest BCUT2D eigenvalue weighted by atomic mass is 32.1. The molecule has 2 aromatic rings. The molecule has 4 rings (SSSR count). The maximum Gasteiger partial charge on any atom is 0.0603 e. The Balaban J connectivity index is 1.17. The number of hydrogen-bond donors (Lipinski definition) is 0. The highest BCUT2D eigenvalue weighted by Gasteiger charge is 2.23. The van der Waals surface area contributed by atoms with E-state index in [1.54, 1.807) is 5.56 Å². The van der Waals surface area contributed by atoms with Gasteiger partial charge in [-0.05, 0) is 104 Å². The number of hydrogen-bond acceptors (Lipinski definition) is 2. The SMILES string of the molecule is CCCCCCCCCCC1CCC(c2ccc(-c3ccc(C4CCC(N=C=S)CC4)cc3)cc2)CC1. The van der Waals surface area contributed by atoms with E-state index in [4.69, 9.17) is 12.2 Å². The van der Waals surface area contributed by atoms with Gasteiger partial charge in [-0.3, -0.25) is 0 Å². The van der Waals surface area contributed by atoms with Crippen molar-refractivity contribution >= 4 is 17.4 Å². The fourth-order valence-corrected chi connectivity index (χ4v) is 7.01. The van der Waals surface area contributed by atoms with Crippen LogP contribution in [0.1, 0.15) is 139 Å². The lowest BCUT2D eigenvalue weighted by Crippen LogP contribution is -2.15. The molecule has 2 heteroatoms. The van der Waals surface area contributed by atoms with E-state index in [9.17, 15) is 0 Å². The number of rotatable bonds is 13. The largest absolute Gasteiger partial charge is 0.229 e. The van der Waals surface area contributed by atoms with Gasteiger partial charge in [-0.1, -0.05) is 113 Å². The molecule has 2 aromatic carbocycles. The molecular formula is C35H49NS. The van der Waals surface area contributed by atoms with Gasteiger partial charge in [0.15, 0.2) is 0 Å². The van der Waals surface area contributed by atoms with Crippen LogP contribution in [0.4, 0.5) is 0 Å². The van der Waals surface area contributed by atoms with Gasteiger partial charge in [0, 0.05) is 0 Å². The summed E-state index contributed by atoms with van der Waals surface area (Å²) in [4.78, 5) is 4.30. The summed E-state index contributed by atoms with van der Waals surface area (Å²) in [7, 11) is 0. The van der Waals surface area contributed by atoms with Crippen molar-refractivity contribution in [1.29, 1.82) is 0 Å². The van der Waals surface area contributed by atoms with Gasteiger partial charge in [-0.15, -0.1) is 0 Å². The number of benzene rings is 2. The molecule has 0 bridgehead atoms. The Hall–Kier alpha value is -1.76. The molecule has 1 nitrogen and oxygen atoms in total. The first kappa shape index (κ1) is 28.3. The van der Waals surface area contributed by atoms with E-state index < -0.39 is 0 Å². The van der Waals surface area contributed by atoms with Gasteiger partial charge in [0.05, 0.1) is 11.2 Å². The van der Waals surface area contributed by atoms with Gasteiger partial charge in [-0.2, -0.15) is 0 Å². The smallest absolute Gasteiger partial charge is 0.0603 e. The second-order valence-electron chi connectivity index (χ2n) is 12.0. The molecule has 2 fully saturated rings. The Morgan fingerprint density at radius 2 is 1.08 bits per heavy atom. The van der Waals surface area contributed by atoms with E-state index in [2.05, 4.69) is 65.6 Å². The zero-order chi connectivity index (χ0) is 25.7. The molecule has 2 saturated carbocycles. The van der Waals surface area contributed by atoms with Crippen molar-refractivity contribution in [2.75, 3.05) is 0 Å². The highest BCUT2D eigenvalue weighted by molar-refractivity contribution is 7.78. The number of thiocarbonyl (C=S) groups is 1. The molecule has 0 unspecified atom stereocenters. The molecule has 0 aliphatic heterocycles. The summed E-state index contributed by atoms with van der Waals surface area (Å²) < 4.78 is 0. The Labute approximate surface area is 232 Å². The van der Waals surface area contributed by atoms with E-state index >= 15 is 0 Å². The van der Waals surface area contributed by atoms with Crippen molar-refractivity contribution in [3.63, 3.8) is 0 Å². The predicted octanol–water partition coefficient (Wildman–Crippen LogP) is 11.3. The summed E-state index contributed by atoms with van der Waals surface area (Å²) in [5.74, 6) is 2.42. The molecule has 0 amide bonds. The van der Waals surface area contributed by atoms with E-state index in [0.29, 0.717) is 12.0 Å². The van der Waals surface area contributed by atoms with Gasteiger partial charge in [0.1, 0.15) is 0 Å². The third-order valence-electron chi connectivity index (χ3n) is 9.34. The first-order valence-electron chi connectivity index (χ1n) is 15.5. The van der Waals surface area contributed by atoms with Gasteiger partial charge >= 0.3 is 0 Å². The van der Waals surface area contributed by atoms with Crippen LogP contribution >= 0.6 is 12.2 Å². The molecule has 0 heterocycles. The van der Waals surface area contributed by atoms with Gasteiger partial charge in [0.2, 0.25) is 0 Å².